The minimum atomic E-state index is -0.366. The van der Waals surface area contributed by atoms with E-state index in [0.29, 0.717) is 34.9 Å². The number of benzene rings is 2. The zero-order chi connectivity index (χ0) is 32.6. The maximum Gasteiger partial charge on any atom is 0.272 e. The maximum atomic E-state index is 13.1. The highest BCUT2D eigenvalue weighted by atomic mass is 16.2. The fraction of sp³-hybridized carbons (Fsp3) is 0.200. The van der Waals surface area contributed by atoms with Crippen LogP contribution in [0.1, 0.15) is 43.3 Å². The third kappa shape index (κ3) is 8.07. The molecule has 0 aliphatic rings. The average Bonchev–Trinajstić information content (AvgIpc) is 3.60. The lowest BCUT2D eigenvalue weighted by molar-refractivity contribution is 0.0942. The summed E-state index contributed by atoms with van der Waals surface area (Å²) in [4.78, 5) is 45.1. The molecule has 11 nitrogen and oxygen atoms in total. The van der Waals surface area contributed by atoms with Crippen LogP contribution in [-0.2, 0) is 14.1 Å². The second kappa shape index (κ2) is 14.4. The largest absolute Gasteiger partial charge is 0.362 e. The number of pyridine rings is 1. The molecule has 0 fully saturated rings. The van der Waals surface area contributed by atoms with Crippen molar-refractivity contribution < 1.29 is 14.4 Å². The molecule has 0 saturated heterocycles. The molecule has 0 bridgehead atoms. The fourth-order valence-electron chi connectivity index (χ4n) is 4.93. The van der Waals surface area contributed by atoms with Crippen LogP contribution in [0.15, 0.2) is 91.5 Å². The molecule has 0 unspecified atom stereocenters. The molecule has 0 aliphatic heterocycles. The first-order valence-electron chi connectivity index (χ1n) is 14.9. The Morgan fingerprint density at radius 2 is 1.46 bits per heavy atom. The molecule has 0 aliphatic carbocycles. The summed E-state index contributed by atoms with van der Waals surface area (Å²) < 4.78 is 3.31. The topological polar surface area (TPSA) is 125 Å². The van der Waals surface area contributed by atoms with E-state index in [1.807, 2.05) is 69.0 Å². The SMILES string of the molecule is CN(C)CCCNC(=O)c1cc(NC(=O)c2cc(NC(=O)c3ccc(N/C=C/c4cnc5ccccc5c4)cc3)cn2C)cn1C. The van der Waals surface area contributed by atoms with E-state index in [1.54, 1.807) is 59.9 Å². The number of hydrogen-bond acceptors (Lipinski definition) is 6. The van der Waals surface area contributed by atoms with Gasteiger partial charge in [0.05, 0.1) is 16.9 Å². The van der Waals surface area contributed by atoms with Gasteiger partial charge in [-0.1, -0.05) is 18.2 Å². The van der Waals surface area contributed by atoms with Crippen molar-refractivity contribution in [1.82, 2.24) is 24.3 Å². The van der Waals surface area contributed by atoms with Crippen LogP contribution in [0.3, 0.4) is 0 Å². The monoisotopic (exact) mass is 618 g/mol. The Morgan fingerprint density at radius 1 is 0.804 bits per heavy atom. The number of nitrogens with zero attached hydrogens (tertiary/aromatic N) is 4. The molecular weight excluding hydrogens is 580 g/mol. The number of para-hydroxylation sites is 1. The number of aryl methyl sites for hydroxylation is 2. The normalized spacial score (nSPS) is 11.2. The van der Waals surface area contributed by atoms with Crippen molar-refractivity contribution in [1.29, 1.82) is 0 Å². The molecule has 236 valence electrons. The van der Waals surface area contributed by atoms with Crippen LogP contribution < -0.4 is 21.3 Å². The Morgan fingerprint density at radius 3 is 2.15 bits per heavy atom. The fourth-order valence-corrected chi connectivity index (χ4v) is 4.93. The Balaban J connectivity index is 1.14. The number of carbonyl (C=O) groups is 3. The first-order valence-corrected chi connectivity index (χ1v) is 14.9. The van der Waals surface area contributed by atoms with E-state index in [2.05, 4.69) is 37.2 Å². The number of aromatic nitrogens is 3. The van der Waals surface area contributed by atoms with Crippen molar-refractivity contribution in [3.8, 4) is 0 Å². The first-order chi connectivity index (χ1) is 22.2. The van der Waals surface area contributed by atoms with Crippen LogP contribution in [0.5, 0.6) is 0 Å². The molecule has 3 aromatic heterocycles. The van der Waals surface area contributed by atoms with Crippen LogP contribution in [0, 0.1) is 0 Å². The molecule has 11 heteroatoms. The maximum absolute atomic E-state index is 13.1. The average molecular weight is 619 g/mol. The van der Waals surface area contributed by atoms with Gasteiger partial charge in [-0.3, -0.25) is 19.4 Å². The van der Waals surface area contributed by atoms with E-state index in [4.69, 9.17) is 0 Å². The molecule has 0 atom stereocenters. The molecule has 4 N–H and O–H groups in total. The predicted octanol–water partition coefficient (Wildman–Crippen LogP) is 5.18. The Labute approximate surface area is 267 Å². The summed E-state index contributed by atoms with van der Waals surface area (Å²) >= 11 is 0. The second-order valence-electron chi connectivity index (χ2n) is 11.3. The highest BCUT2D eigenvalue weighted by Gasteiger charge is 2.17. The summed E-state index contributed by atoms with van der Waals surface area (Å²) in [7, 11) is 7.45. The minimum Gasteiger partial charge on any atom is -0.362 e. The van der Waals surface area contributed by atoms with E-state index < -0.39 is 0 Å². The molecular formula is C35H38N8O3. The lowest BCUT2D eigenvalue weighted by Gasteiger charge is -2.10. The van der Waals surface area contributed by atoms with E-state index in [0.717, 1.165) is 35.1 Å². The molecule has 5 rings (SSSR count). The molecule has 0 spiro atoms. The van der Waals surface area contributed by atoms with Crippen molar-refractivity contribution in [2.45, 2.75) is 6.42 Å². The van der Waals surface area contributed by atoms with Gasteiger partial charge in [-0.15, -0.1) is 0 Å². The Bertz CT molecular complexity index is 1890. The number of carbonyl (C=O) groups excluding carboxylic acids is 3. The zero-order valence-corrected chi connectivity index (χ0v) is 26.4. The highest BCUT2D eigenvalue weighted by Crippen LogP contribution is 2.19. The van der Waals surface area contributed by atoms with Crippen LogP contribution in [-0.4, -0.2) is 63.9 Å². The van der Waals surface area contributed by atoms with Crippen LogP contribution in [0.2, 0.25) is 0 Å². The van der Waals surface area contributed by atoms with E-state index >= 15 is 0 Å². The van der Waals surface area contributed by atoms with Gasteiger partial charge in [0.15, 0.2) is 0 Å². The second-order valence-corrected chi connectivity index (χ2v) is 11.3. The van der Waals surface area contributed by atoms with Crippen LogP contribution in [0.25, 0.3) is 17.0 Å². The van der Waals surface area contributed by atoms with Gasteiger partial charge in [0, 0.05) is 62.1 Å². The number of amides is 3. The lowest BCUT2D eigenvalue weighted by Crippen LogP contribution is -2.28. The molecule has 0 saturated carbocycles. The quantitative estimate of drug-likeness (QED) is 0.143. The van der Waals surface area contributed by atoms with Crippen LogP contribution in [0.4, 0.5) is 17.1 Å². The van der Waals surface area contributed by atoms with E-state index in [-0.39, 0.29) is 17.7 Å². The Kier molecular flexibility index (Phi) is 9.94. The van der Waals surface area contributed by atoms with Gasteiger partial charge in [-0.2, -0.15) is 0 Å². The minimum absolute atomic E-state index is 0.204. The van der Waals surface area contributed by atoms with Gasteiger partial charge in [0.2, 0.25) is 0 Å². The zero-order valence-electron chi connectivity index (χ0n) is 26.4. The van der Waals surface area contributed by atoms with Crippen molar-refractivity contribution in [3.05, 3.63) is 114 Å². The van der Waals surface area contributed by atoms with Gasteiger partial charge >= 0.3 is 0 Å². The van der Waals surface area contributed by atoms with Gasteiger partial charge in [0.25, 0.3) is 17.7 Å². The van der Waals surface area contributed by atoms with Crippen molar-refractivity contribution in [2.75, 3.05) is 43.1 Å². The summed E-state index contributed by atoms with van der Waals surface area (Å²) in [6, 6.07) is 20.4. The van der Waals surface area contributed by atoms with E-state index in [1.165, 1.54) is 0 Å². The highest BCUT2D eigenvalue weighted by molar-refractivity contribution is 6.07. The summed E-state index contributed by atoms with van der Waals surface area (Å²) in [5.41, 5.74) is 4.99. The lowest BCUT2D eigenvalue weighted by atomic mass is 10.1. The number of anilines is 3. The summed E-state index contributed by atoms with van der Waals surface area (Å²) in [5.74, 6) is -0.870. The molecule has 0 radical (unpaired) electrons. The summed E-state index contributed by atoms with van der Waals surface area (Å²) in [6.07, 6.45) is 9.78. The molecule has 3 heterocycles. The summed E-state index contributed by atoms with van der Waals surface area (Å²) in [6.45, 7) is 1.44. The number of rotatable bonds is 12. The van der Waals surface area contributed by atoms with Gasteiger partial charge in [-0.05, 0) is 87.2 Å². The predicted molar refractivity (Wildman–Crippen MR) is 183 cm³/mol. The smallest absolute Gasteiger partial charge is 0.272 e. The third-order valence-corrected chi connectivity index (χ3v) is 7.34. The first kappa shape index (κ1) is 31.7. The molecule has 3 amide bonds. The van der Waals surface area contributed by atoms with Gasteiger partial charge in [-0.25, -0.2) is 0 Å². The van der Waals surface area contributed by atoms with Gasteiger partial charge in [0.1, 0.15) is 11.4 Å². The molecule has 5 aromatic rings. The number of hydrogen-bond donors (Lipinski definition) is 4. The Hall–Kier alpha value is -5.68. The van der Waals surface area contributed by atoms with Crippen molar-refractivity contribution >= 4 is 51.8 Å². The molecule has 46 heavy (non-hydrogen) atoms. The number of fused-ring (bicyclic) bond motifs is 1. The molecule has 2 aromatic carbocycles. The van der Waals surface area contributed by atoms with E-state index in [9.17, 15) is 14.4 Å². The van der Waals surface area contributed by atoms with Crippen molar-refractivity contribution in [2.24, 2.45) is 14.1 Å². The standard InChI is InChI=1S/C35H38N8O3/c1-41(2)17-7-15-37-34(45)31-19-29(23-42(31)3)40-35(46)32-20-28(22-43(32)4)39-33(44)25-10-12-27(13-11-25)36-16-14-24-18-26-8-5-6-9-30(26)38-21-24/h5-6,8-14,16,18-23,36H,7,15,17H2,1-4H3,(H,37,45)(H,39,44)(H,40,46)/b16-14+. The third-order valence-electron chi connectivity index (χ3n) is 7.34. The summed E-state index contributed by atoms with van der Waals surface area (Å²) in [5, 5.41) is 12.9. The number of nitrogens with one attached hydrogen (secondary N) is 4. The van der Waals surface area contributed by atoms with Crippen LogP contribution >= 0.6 is 0 Å². The van der Waals surface area contributed by atoms with Crippen molar-refractivity contribution in [3.63, 3.8) is 0 Å². The van der Waals surface area contributed by atoms with Gasteiger partial charge < -0.3 is 35.3 Å².